The lowest BCUT2D eigenvalue weighted by Gasteiger charge is -2.41. The van der Waals surface area contributed by atoms with Crippen LogP contribution in [0.4, 0.5) is 0 Å². The third-order valence-corrected chi connectivity index (χ3v) is 4.18. The highest BCUT2D eigenvalue weighted by atomic mass is 16.5. The Balaban J connectivity index is 1.89. The summed E-state index contributed by atoms with van der Waals surface area (Å²) in [5.41, 5.74) is 5.66. The quantitative estimate of drug-likeness (QED) is 0.768. The van der Waals surface area contributed by atoms with E-state index in [1.54, 1.807) is 0 Å². The zero-order chi connectivity index (χ0) is 12.1. The summed E-state index contributed by atoms with van der Waals surface area (Å²) >= 11 is 0. The Hall–Kier alpha value is -0.120. The maximum atomic E-state index is 5.96. The standard InChI is InChI=1S/C14H28N2O/c1-12-10-16(11-14(17-12)8-9-15)13-6-4-2-3-5-7-13/h12-14H,2-11,15H2,1H3. The van der Waals surface area contributed by atoms with Gasteiger partial charge in [-0.2, -0.15) is 0 Å². The first-order valence-electron chi connectivity index (χ1n) is 7.39. The van der Waals surface area contributed by atoms with Crippen LogP contribution in [-0.4, -0.2) is 42.8 Å². The van der Waals surface area contributed by atoms with Gasteiger partial charge in [0.2, 0.25) is 0 Å². The van der Waals surface area contributed by atoms with Crippen molar-refractivity contribution in [1.29, 1.82) is 0 Å². The molecule has 0 bridgehead atoms. The van der Waals surface area contributed by atoms with Gasteiger partial charge in [-0.25, -0.2) is 0 Å². The fourth-order valence-electron chi connectivity index (χ4n) is 3.35. The summed E-state index contributed by atoms with van der Waals surface area (Å²) in [7, 11) is 0. The first-order valence-corrected chi connectivity index (χ1v) is 7.39. The van der Waals surface area contributed by atoms with Crippen molar-refractivity contribution in [3.8, 4) is 0 Å². The number of nitrogens with zero attached hydrogens (tertiary/aromatic N) is 1. The van der Waals surface area contributed by atoms with Gasteiger partial charge in [0.25, 0.3) is 0 Å². The highest BCUT2D eigenvalue weighted by molar-refractivity contribution is 4.82. The summed E-state index contributed by atoms with van der Waals surface area (Å²) in [6.45, 7) is 5.17. The van der Waals surface area contributed by atoms with Gasteiger partial charge in [-0.05, 0) is 32.7 Å². The zero-order valence-electron chi connectivity index (χ0n) is 11.2. The van der Waals surface area contributed by atoms with Crippen LogP contribution in [0.3, 0.4) is 0 Å². The first kappa shape index (κ1) is 13.3. The SMILES string of the molecule is CC1CN(C2CCCCCC2)CC(CCN)O1. The molecule has 17 heavy (non-hydrogen) atoms. The van der Waals surface area contributed by atoms with Gasteiger partial charge >= 0.3 is 0 Å². The Morgan fingerprint density at radius 3 is 2.47 bits per heavy atom. The molecule has 1 aliphatic carbocycles. The Morgan fingerprint density at radius 2 is 1.82 bits per heavy atom. The van der Waals surface area contributed by atoms with Gasteiger partial charge in [-0.1, -0.05) is 25.7 Å². The molecule has 2 aliphatic rings. The van der Waals surface area contributed by atoms with Crippen molar-refractivity contribution in [2.45, 2.75) is 70.1 Å². The van der Waals surface area contributed by atoms with E-state index in [1.807, 2.05) is 0 Å². The van der Waals surface area contributed by atoms with Gasteiger partial charge in [-0.15, -0.1) is 0 Å². The van der Waals surface area contributed by atoms with E-state index in [4.69, 9.17) is 10.5 Å². The minimum absolute atomic E-state index is 0.368. The lowest BCUT2D eigenvalue weighted by atomic mass is 10.0. The molecule has 0 spiro atoms. The third-order valence-electron chi connectivity index (χ3n) is 4.18. The van der Waals surface area contributed by atoms with Gasteiger partial charge in [-0.3, -0.25) is 4.90 Å². The number of rotatable bonds is 3. The molecule has 0 aromatic carbocycles. The van der Waals surface area contributed by atoms with Crippen LogP contribution in [0.15, 0.2) is 0 Å². The van der Waals surface area contributed by atoms with Gasteiger partial charge in [0.15, 0.2) is 0 Å². The Labute approximate surface area is 106 Å². The summed E-state index contributed by atoms with van der Waals surface area (Å²) in [6, 6.07) is 0.809. The van der Waals surface area contributed by atoms with E-state index in [-0.39, 0.29) is 0 Å². The molecule has 0 radical (unpaired) electrons. The molecule has 2 atom stereocenters. The van der Waals surface area contributed by atoms with Crippen molar-refractivity contribution in [1.82, 2.24) is 4.90 Å². The monoisotopic (exact) mass is 240 g/mol. The van der Waals surface area contributed by atoms with E-state index in [1.165, 1.54) is 38.5 Å². The minimum Gasteiger partial charge on any atom is -0.373 e. The molecule has 2 unspecified atom stereocenters. The molecular formula is C14H28N2O. The molecule has 2 N–H and O–H groups in total. The molecule has 0 amide bonds. The van der Waals surface area contributed by atoms with Crippen molar-refractivity contribution in [3.05, 3.63) is 0 Å². The molecule has 0 aromatic heterocycles. The number of hydrogen-bond donors (Lipinski definition) is 1. The zero-order valence-corrected chi connectivity index (χ0v) is 11.2. The average molecular weight is 240 g/mol. The highest BCUT2D eigenvalue weighted by Crippen LogP contribution is 2.25. The lowest BCUT2D eigenvalue weighted by Crippen LogP contribution is -2.51. The van der Waals surface area contributed by atoms with Crippen LogP contribution in [0, 0.1) is 0 Å². The normalized spacial score (nSPS) is 33.5. The van der Waals surface area contributed by atoms with E-state index >= 15 is 0 Å². The predicted octanol–water partition coefficient (Wildman–Crippen LogP) is 2.15. The molecule has 3 heteroatoms. The van der Waals surface area contributed by atoms with E-state index in [9.17, 15) is 0 Å². The lowest BCUT2D eigenvalue weighted by molar-refractivity contribution is -0.0915. The molecule has 2 fully saturated rings. The molecule has 1 aliphatic heterocycles. The Kier molecular flexibility index (Phi) is 5.26. The second kappa shape index (κ2) is 6.72. The van der Waals surface area contributed by atoms with E-state index in [2.05, 4.69) is 11.8 Å². The van der Waals surface area contributed by atoms with Crippen molar-refractivity contribution in [2.24, 2.45) is 5.73 Å². The summed E-state index contributed by atoms with van der Waals surface area (Å²) in [5.74, 6) is 0. The van der Waals surface area contributed by atoms with Crippen LogP contribution in [0.5, 0.6) is 0 Å². The molecule has 2 rings (SSSR count). The van der Waals surface area contributed by atoms with Crippen LogP contribution >= 0.6 is 0 Å². The topological polar surface area (TPSA) is 38.5 Å². The second-order valence-corrected chi connectivity index (χ2v) is 5.75. The number of nitrogens with two attached hydrogens (primary N) is 1. The number of hydrogen-bond acceptors (Lipinski definition) is 3. The number of ether oxygens (including phenoxy) is 1. The summed E-state index contributed by atoms with van der Waals surface area (Å²) in [4.78, 5) is 2.68. The first-order chi connectivity index (χ1) is 8.29. The minimum atomic E-state index is 0.368. The maximum Gasteiger partial charge on any atom is 0.0718 e. The summed E-state index contributed by atoms with van der Waals surface area (Å²) < 4.78 is 5.96. The van der Waals surface area contributed by atoms with Crippen molar-refractivity contribution in [3.63, 3.8) is 0 Å². The summed E-state index contributed by atoms with van der Waals surface area (Å²) in [6.07, 6.45) is 10.2. The van der Waals surface area contributed by atoms with Gasteiger partial charge < -0.3 is 10.5 Å². The fourth-order valence-corrected chi connectivity index (χ4v) is 3.35. The smallest absolute Gasteiger partial charge is 0.0718 e. The van der Waals surface area contributed by atoms with Crippen molar-refractivity contribution in [2.75, 3.05) is 19.6 Å². The molecule has 1 saturated carbocycles. The second-order valence-electron chi connectivity index (χ2n) is 5.75. The molecule has 1 saturated heterocycles. The van der Waals surface area contributed by atoms with Crippen LogP contribution in [0.1, 0.15) is 51.9 Å². The van der Waals surface area contributed by atoms with Gasteiger partial charge in [0.1, 0.15) is 0 Å². The van der Waals surface area contributed by atoms with Crippen LogP contribution in [0.25, 0.3) is 0 Å². The Bertz CT molecular complexity index is 214. The largest absolute Gasteiger partial charge is 0.373 e. The van der Waals surface area contributed by atoms with E-state index in [0.29, 0.717) is 12.2 Å². The fraction of sp³-hybridized carbons (Fsp3) is 1.00. The highest BCUT2D eigenvalue weighted by Gasteiger charge is 2.29. The van der Waals surface area contributed by atoms with Crippen LogP contribution < -0.4 is 5.73 Å². The predicted molar refractivity (Wildman–Crippen MR) is 71.1 cm³/mol. The number of morpholine rings is 1. The molecule has 1 heterocycles. The molecule has 3 nitrogen and oxygen atoms in total. The average Bonchev–Trinajstić information content (AvgIpc) is 2.57. The Morgan fingerprint density at radius 1 is 1.12 bits per heavy atom. The molecular weight excluding hydrogens is 212 g/mol. The van der Waals surface area contributed by atoms with Crippen LogP contribution in [-0.2, 0) is 4.74 Å². The van der Waals surface area contributed by atoms with E-state index in [0.717, 1.165) is 32.1 Å². The summed E-state index contributed by atoms with van der Waals surface area (Å²) in [5, 5.41) is 0. The molecule has 0 aromatic rings. The van der Waals surface area contributed by atoms with Crippen molar-refractivity contribution >= 4 is 0 Å². The van der Waals surface area contributed by atoms with Crippen LogP contribution in [0.2, 0.25) is 0 Å². The van der Waals surface area contributed by atoms with Gasteiger partial charge in [0.05, 0.1) is 12.2 Å². The molecule has 100 valence electrons. The third kappa shape index (κ3) is 3.94. The van der Waals surface area contributed by atoms with Crippen molar-refractivity contribution < 1.29 is 4.74 Å². The van der Waals surface area contributed by atoms with E-state index < -0.39 is 0 Å². The van der Waals surface area contributed by atoms with Gasteiger partial charge in [0, 0.05) is 19.1 Å². The maximum absolute atomic E-state index is 5.96.